The van der Waals surface area contributed by atoms with E-state index in [0.29, 0.717) is 35.8 Å². The lowest BCUT2D eigenvalue weighted by Crippen LogP contribution is -2.12. The van der Waals surface area contributed by atoms with E-state index in [0.717, 1.165) is 0 Å². The zero-order valence-corrected chi connectivity index (χ0v) is 13.2. The van der Waals surface area contributed by atoms with Crippen molar-refractivity contribution >= 4 is 17.6 Å². The highest BCUT2D eigenvalue weighted by atomic mass is 16.5. The summed E-state index contributed by atoms with van der Waals surface area (Å²) in [6.07, 6.45) is 0.292. The van der Waals surface area contributed by atoms with Crippen LogP contribution in [0.4, 0.5) is 5.69 Å². The predicted octanol–water partition coefficient (Wildman–Crippen LogP) is 3.65. The molecule has 5 heteroatoms. The number of nitrogens with one attached hydrogen (secondary N) is 1. The Kier molecular flexibility index (Phi) is 5.74. The zero-order chi connectivity index (χ0) is 16.7. The minimum Gasteiger partial charge on any atom is -0.494 e. The summed E-state index contributed by atoms with van der Waals surface area (Å²) in [6, 6.07) is 13.7. The topological polar surface area (TPSA) is 64.6 Å². The first-order chi connectivity index (χ1) is 11.1. The van der Waals surface area contributed by atoms with Gasteiger partial charge in [-0.15, -0.1) is 0 Å². The number of anilines is 1. The van der Waals surface area contributed by atoms with E-state index in [1.54, 1.807) is 55.5 Å². The molecular formula is C18H19NO4. The van der Waals surface area contributed by atoms with Crippen molar-refractivity contribution in [1.82, 2.24) is 0 Å². The van der Waals surface area contributed by atoms with Gasteiger partial charge < -0.3 is 14.8 Å². The number of rotatable bonds is 6. The maximum absolute atomic E-state index is 12.3. The summed E-state index contributed by atoms with van der Waals surface area (Å²) in [5.41, 5.74) is 1.05. The van der Waals surface area contributed by atoms with E-state index in [9.17, 15) is 9.59 Å². The molecule has 23 heavy (non-hydrogen) atoms. The molecule has 0 spiro atoms. The van der Waals surface area contributed by atoms with Crippen LogP contribution in [0.15, 0.2) is 48.5 Å². The zero-order valence-electron chi connectivity index (χ0n) is 13.2. The highest BCUT2D eigenvalue weighted by Gasteiger charge is 2.09. The molecule has 0 saturated carbocycles. The molecule has 0 aliphatic rings. The molecule has 0 unspecified atom stereocenters. The van der Waals surface area contributed by atoms with Crippen LogP contribution in [-0.4, -0.2) is 18.5 Å². The Morgan fingerprint density at radius 1 is 1.00 bits per heavy atom. The van der Waals surface area contributed by atoms with Gasteiger partial charge in [-0.05, 0) is 37.3 Å². The standard InChI is InChI=1S/C18H19NO4/c1-3-17(20)23-16-10-6-8-14(12-16)19-18(21)13-7-5-9-15(11-13)22-4-2/h5-12H,3-4H2,1-2H3,(H,19,21). The van der Waals surface area contributed by atoms with Crippen LogP contribution in [0.25, 0.3) is 0 Å². The molecular weight excluding hydrogens is 294 g/mol. The highest BCUT2D eigenvalue weighted by molar-refractivity contribution is 6.04. The molecule has 5 nitrogen and oxygen atoms in total. The van der Waals surface area contributed by atoms with Crippen LogP contribution >= 0.6 is 0 Å². The number of carbonyl (C=O) groups is 2. The van der Waals surface area contributed by atoms with Crippen LogP contribution in [0.5, 0.6) is 11.5 Å². The van der Waals surface area contributed by atoms with Gasteiger partial charge >= 0.3 is 5.97 Å². The van der Waals surface area contributed by atoms with Crippen LogP contribution < -0.4 is 14.8 Å². The molecule has 2 aromatic carbocycles. The number of carbonyl (C=O) groups excluding carboxylic acids is 2. The van der Waals surface area contributed by atoms with E-state index < -0.39 is 0 Å². The molecule has 2 rings (SSSR count). The summed E-state index contributed by atoms with van der Waals surface area (Å²) >= 11 is 0. The van der Waals surface area contributed by atoms with Gasteiger partial charge in [-0.3, -0.25) is 9.59 Å². The monoisotopic (exact) mass is 313 g/mol. The molecule has 0 heterocycles. The number of hydrogen-bond acceptors (Lipinski definition) is 4. The minimum atomic E-state index is -0.321. The van der Waals surface area contributed by atoms with Crippen molar-refractivity contribution in [2.24, 2.45) is 0 Å². The largest absolute Gasteiger partial charge is 0.494 e. The van der Waals surface area contributed by atoms with Gasteiger partial charge in [-0.2, -0.15) is 0 Å². The molecule has 2 aromatic rings. The van der Waals surface area contributed by atoms with E-state index in [2.05, 4.69) is 5.32 Å². The smallest absolute Gasteiger partial charge is 0.310 e. The van der Waals surface area contributed by atoms with Crippen molar-refractivity contribution in [2.45, 2.75) is 20.3 Å². The Morgan fingerprint density at radius 3 is 2.48 bits per heavy atom. The molecule has 0 aliphatic heterocycles. The molecule has 120 valence electrons. The maximum Gasteiger partial charge on any atom is 0.310 e. The van der Waals surface area contributed by atoms with Crippen LogP contribution in [0.2, 0.25) is 0 Å². The Morgan fingerprint density at radius 2 is 1.74 bits per heavy atom. The predicted molar refractivity (Wildman–Crippen MR) is 87.9 cm³/mol. The molecule has 1 amide bonds. The summed E-state index contributed by atoms with van der Waals surface area (Å²) in [4.78, 5) is 23.6. The van der Waals surface area contributed by atoms with Crippen LogP contribution in [-0.2, 0) is 4.79 Å². The maximum atomic E-state index is 12.3. The van der Waals surface area contributed by atoms with Gasteiger partial charge in [0.2, 0.25) is 0 Å². The van der Waals surface area contributed by atoms with Crippen molar-refractivity contribution in [1.29, 1.82) is 0 Å². The normalized spacial score (nSPS) is 10.0. The van der Waals surface area contributed by atoms with Gasteiger partial charge in [0.05, 0.1) is 6.61 Å². The number of ether oxygens (including phenoxy) is 2. The molecule has 0 aliphatic carbocycles. The second kappa shape index (κ2) is 7.98. The fraction of sp³-hybridized carbons (Fsp3) is 0.222. The SMILES string of the molecule is CCOc1cccc(C(=O)Nc2cccc(OC(=O)CC)c2)c1. The fourth-order valence-corrected chi connectivity index (χ4v) is 1.94. The number of esters is 1. The fourth-order valence-electron chi connectivity index (χ4n) is 1.94. The van der Waals surface area contributed by atoms with Gasteiger partial charge in [0.25, 0.3) is 5.91 Å². The Bertz CT molecular complexity index is 697. The minimum absolute atomic E-state index is 0.259. The third-order valence-corrected chi connectivity index (χ3v) is 3.02. The summed E-state index contributed by atoms with van der Waals surface area (Å²) in [5, 5.41) is 2.77. The van der Waals surface area contributed by atoms with Crippen molar-refractivity contribution in [3.05, 3.63) is 54.1 Å². The first kappa shape index (κ1) is 16.5. The Balaban J connectivity index is 2.09. The molecule has 1 N–H and O–H groups in total. The summed E-state index contributed by atoms with van der Waals surface area (Å²) in [6.45, 7) is 4.14. The molecule has 0 radical (unpaired) electrons. The van der Waals surface area contributed by atoms with Gasteiger partial charge in [0.1, 0.15) is 11.5 Å². The summed E-state index contributed by atoms with van der Waals surface area (Å²) in [5.74, 6) is 0.465. The quantitative estimate of drug-likeness (QED) is 0.653. The Labute approximate surface area is 135 Å². The molecule has 0 fully saturated rings. The molecule has 0 aromatic heterocycles. The molecule has 0 saturated heterocycles. The Hall–Kier alpha value is -2.82. The summed E-state index contributed by atoms with van der Waals surface area (Å²) < 4.78 is 10.5. The van der Waals surface area contributed by atoms with Gasteiger partial charge in [0.15, 0.2) is 0 Å². The van der Waals surface area contributed by atoms with Crippen molar-refractivity contribution < 1.29 is 19.1 Å². The van der Waals surface area contributed by atoms with Gasteiger partial charge in [-0.1, -0.05) is 19.1 Å². The van der Waals surface area contributed by atoms with Crippen molar-refractivity contribution in [2.75, 3.05) is 11.9 Å². The first-order valence-electron chi connectivity index (χ1n) is 7.47. The van der Waals surface area contributed by atoms with Gasteiger partial charge in [-0.25, -0.2) is 0 Å². The molecule has 0 bridgehead atoms. The third-order valence-electron chi connectivity index (χ3n) is 3.02. The van der Waals surface area contributed by atoms with E-state index in [4.69, 9.17) is 9.47 Å². The van der Waals surface area contributed by atoms with E-state index in [-0.39, 0.29) is 11.9 Å². The average Bonchev–Trinajstić information content (AvgIpc) is 2.55. The van der Waals surface area contributed by atoms with Crippen molar-refractivity contribution in [3.8, 4) is 11.5 Å². The lowest BCUT2D eigenvalue weighted by molar-refractivity contribution is -0.134. The van der Waals surface area contributed by atoms with Crippen molar-refractivity contribution in [3.63, 3.8) is 0 Å². The molecule has 0 atom stereocenters. The average molecular weight is 313 g/mol. The van der Waals surface area contributed by atoms with E-state index >= 15 is 0 Å². The first-order valence-corrected chi connectivity index (χ1v) is 7.47. The lowest BCUT2D eigenvalue weighted by Gasteiger charge is -2.09. The van der Waals surface area contributed by atoms with E-state index in [1.165, 1.54) is 0 Å². The second-order valence-corrected chi connectivity index (χ2v) is 4.77. The van der Waals surface area contributed by atoms with Crippen LogP contribution in [0.3, 0.4) is 0 Å². The lowest BCUT2D eigenvalue weighted by atomic mass is 10.2. The van der Waals surface area contributed by atoms with Crippen LogP contribution in [0.1, 0.15) is 30.6 Å². The number of hydrogen-bond donors (Lipinski definition) is 1. The number of amides is 1. The third kappa shape index (κ3) is 4.85. The van der Waals surface area contributed by atoms with E-state index in [1.807, 2.05) is 6.92 Å². The second-order valence-electron chi connectivity index (χ2n) is 4.77. The van der Waals surface area contributed by atoms with Gasteiger partial charge in [0, 0.05) is 23.7 Å². The van der Waals surface area contributed by atoms with Crippen LogP contribution in [0, 0.1) is 0 Å². The highest BCUT2D eigenvalue weighted by Crippen LogP contribution is 2.20. The summed E-state index contributed by atoms with van der Waals surface area (Å²) in [7, 11) is 0. The number of benzene rings is 2.